The van der Waals surface area contributed by atoms with Crippen LogP contribution in [0.2, 0.25) is 0 Å². The Morgan fingerprint density at radius 1 is 1.18 bits per heavy atom. The summed E-state index contributed by atoms with van der Waals surface area (Å²) in [5, 5.41) is 2.85. The summed E-state index contributed by atoms with van der Waals surface area (Å²) in [5.74, 6) is 0.411. The summed E-state index contributed by atoms with van der Waals surface area (Å²) in [6.45, 7) is 2.94. The zero-order valence-corrected chi connectivity index (χ0v) is 13.9. The third kappa shape index (κ3) is 6.10. The molecule has 128 valence electrons. The van der Waals surface area contributed by atoms with Crippen LogP contribution in [0.25, 0.3) is 0 Å². The predicted octanol–water partition coefficient (Wildman–Crippen LogP) is 0.681. The highest BCUT2D eigenvalue weighted by Gasteiger charge is 2.24. The minimum absolute atomic E-state index is 0. The second kappa shape index (κ2) is 10.0. The van der Waals surface area contributed by atoms with E-state index in [0.717, 1.165) is 12.8 Å². The fraction of sp³-hybridized carbons (Fsp3) is 0.867. The lowest BCUT2D eigenvalue weighted by molar-refractivity contribution is -0.135. The number of halogens is 1. The largest absolute Gasteiger partial charge is 0.378 e. The zero-order chi connectivity index (χ0) is 15.1. The van der Waals surface area contributed by atoms with E-state index in [1.54, 1.807) is 4.90 Å². The Labute approximate surface area is 138 Å². The molecule has 0 radical (unpaired) electrons. The SMILES string of the molecule is Cl.NC1CCCCC1CC(=O)NCCC(=O)N1CCOCC1. The zero-order valence-electron chi connectivity index (χ0n) is 13.1. The van der Waals surface area contributed by atoms with Crippen molar-refractivity contribution in [3.8, 4) is 0 Å². The van der Waals surface area contributed by atoms with Crippen LogP contribution in [0.15, 0.2) is 0 Å². The standard InChI is InChI=1S/C15H27N3O3.ClH/c16-13-4-2-1-3-12(13)11-14(19)17-6-5-15(20)18-7-9-21-10-8-18;/h12-13H,1-11,16H2,(H,17,19);1H. The number of nitrogens with two attached hydrogens (primary N) is 1. The molecule has 0 aromatic rings. The maximum atomic E-state index is 11.9. The molecule has 1 aliphatic heterocycles. The first-order valence-electron chi connectivity index (χ1n) is 8.04. The fourth-order valence-corrected chi connectivity index (χ4v) is 3.08. The van der Waals surface area contributed by atoms with E-state index in [4.69, 9.17) is 10.5 Å². The molecule has 2 unspecified atom stereocenters. The highest BCUT2D eigenvalue weighted by Crippen LogP contribution is 2.25. The normalized spacial score (nSPS) is 25.2. The lowest BCUT2D eigenvalue weighted by Gasteiger charge is -2.28. The van der Waals surface area contributed by atoms with Crippen molar-refractivity contribution in [2.24, 2.45) is 11.7 Å². The summed E-state index contributed by atoms with van der Waals surface area (Å²) in [7, 11) is 0. The highest BCUT2D eigenvalue weighted by atomic mass is 35.5. The number of rotatable bonds is 5. The van der Waals surface area contributed by atoms with Crippen molar-refractivity contribution in [1.29, 1.82) is 0 Å². The number of carbonyl (C=O) groups excluding carboxylic acids is 2. The van der Waals surface area contributed by atoms with Gasteiger partial charge in [0, 0.05) is 38.5 Å². The molecular formula is C15H28ClN3O3. The Kier molecular flexibility index (Phi) is 8.75. The third-order valence-corrected chi connectivity index (χ3v) is 4.44. The van der Waals surface area contributed by atoms with E-state index in [2.05, 4.69) is 5.32 Å². The maximum absolute atomic E-state index is 11.9. The van der Waals surface area contributed by atoms with Crippen LogP contribution in [0, 0.1) is 5.92 Å². The second-order valence-corrected chi connectivity index (χ2v) is 6.01. The molecule has 3 N–H and O–H groups in total. The number of nitrogens with one attached hydrogen (secondary N) is 1. The van der Waals surface area contributed by atoms with Gasteiger partial charge in [0.2, 0.25) is 11.8 Å². The number of carbonyl (C=O) groups is 2. The summed E-state index contributed by atoms with van der Waals surface area (Å²) >= 11 is 0. The van der Waals surface area contributed by atoms with E-state index in [0.29, 0.717) is 51.6 Å². The van der Waals surface area contributed by atoms with Gasteiger partial charge in [-0.2, -0.15) is 0 Å². The number of hydrogen-bond donors (Lipinski definition) is 2. The summed E-state index contributed by atoms with van der Waals surface area (Å²) in [6, 6.07) is 0.152. The molecule has 0 spiro atoms. The number of ether oxygens (including phenoxy) is 1. The molecule has 1 heterocycles. The summed E-state index contributed by atoms with van der Waals surface area (Å²) in [6.07, 6.45) is 5.26. The van der Waals surface area contributed by atoms with Gasteiger partial charge in [0.25, 0.3) is 0 Å². The monoisotopic (exact) mass is 333 g/mol. The van der Waals surface area contributed by atoms with Gasteiger partial charge in [-0.25, -0.2) is 0 Å². The summed E-state index contributed by atoms with van der Waals surface area (Å²) in [4.78, 5) is 25.6. The van der Waals surface area contributed by atoms with Crippen molar-refractivity contribution in [1.82, 2.24) is 10.2 Å². The Morgan fingerprint density at radius 2 is 1.86 bits per heavy atom. The summed E-state index contributed by atoms with van der Waals surface area (Å²) < 4.78 is 5.21. The van der Waals surface area contributed by atoms with Crippen LogP contribution in [-0.2, 0) is 14.3 Å². The number of hydrogen-bond acceptors (Lipinski definition) is 4. The van der Waals surface area contributed by atoms with Crippen molar-refractivity contribution in [2.45, 2.75) is 44.6 Å². The predicted molar refractivity (Wildman–Crippen MR) is 86.8 cm³/mol. The van der Waals surface area contributed by atoms with Crippen molar-refractivity contribution in [3.63, 3.8) is 0 Å². The van der Waals surface area contributed by atoms with Crippen LogP contribution in [0.4, 0.5) is 0 Å². The molecule has 2 rings (SSSR count). The van der Waals surface area contributed by atoms with E-state index in [-0.39, 0.29) is 30.3 Å². The third-order valence-electron chi connectivity index (χ3n) is 4.44. The lowest BCUT2D eigenvalue weighted by Crippen LogP contribution is -2.42. The minimum Gasteiger partial charge on any atom is -0.378 e. The smallest absolute Gasteiger partial charge is 0.224 e. The van der Waals surface area contributed by atoms with Crippen LogP contribution in [0.3, 0.4) is 0 Å². The topological polar surface area (TPSA) is 84.7 Å². The van der Waals surface area contributed by atoms with Crippen LogP contribution >= 0.6 is 12.4 Å². The molecular weight excluding hydrogens is 306 g/mol. The molecule has 1 aliphatic carbocycles. The molecule has 1 saturated carbocycles. The van der Waals surface area contributed by atoms with Gasteiger partial charge in [-0.3, -0.25) is 9.59 Å². The van der Waals surface area contributed by atoms with E-state index in [9.17, 15) is 9.59 Å². The Bertz CT molecular complexity index is 362. The molecule has 22 heavy (non-hydrogen) atoms. The minimum atomic E-state index is 0. The number of morpholine rings is 1. The second-order valence-electron chi connectivity index (χ2n) is 6.01. The van der Waals surface area contributed by atoms with Crippen molar-refractivity contribution in [3.05, 3.63) is 0 Å². The highest BCUT2D eigenvalue weighted by molar-refractivity contribution is 5.85. The average Bonchev–Trinajstić information content (AvgIpc) is 2.50. The first kappa shape index (κ1) is 19.2. The van der Waals surface area contributed by atoms with Crippen molar-refractivity contribution in [2.75, 3.05) is 32.8 Å². The van der Waals surface area contributed by atoms with Gasteiger partial charge in [0.15, 0.2) is 0 Å². The van der Waals surface area contributed by atoms with E-state index >= 15 is 0 Å². The maximum Gasteiger partial charge on any atom is 0.224 e. The molecule has 0 aromatic heterocycles. The summed E-state index contributed by atoms with van der Waals surface area (Å²) in [5.41, 5.74) is 6.05. The molecule has 2 aliphatic rings. The lowest BCUT2D eigenvalue weighted by atomic mass is 9.83. The fourth-order valence-electron chi connectivity index (χ4n) is 3.08. The Morgan fingerprint density at radius 3 is 2.55 bits per heavy atom. The van der Waals surface area contributed by atoms with Gasteiger partial charge in [-0.05, 0) is 18.8 Å². The van der Waals surface area contributed by atoms with Gasteiger partial charge in [-0.15, -0.1) is 12.4 Å². The van der Waals surface area contributed by atoms with E-state index in [1.165, 1.54) is 12.8 Å². The van der Waals surface area contributed by atoms with Gasteiger partial charge in [0.1, 0.15) is 0 Å². The van der Waals surface area contributed by atoms with E-state index in [1.807, 2.05) is 0 Å². The molecule has 7 heteroatoms. The van der Waals surface area contributed by atoms with Gasteiger partial charge in [-0.1, -0.05) is 12.8 Å². The van der Waals surface area contributed by atoms with Gasteiger partial charge >= 0.3 is 0 Å². The van der Waals surface area contributed by atoms with Crippen molar-refractivity contribution < 1.29 is 14.3 Å². The molecule has 0 aromatic carbocycles. The van der Waals surface area contributed by atoms with Crippen molar-refractivity contribution >= 4 is 24.2 Å². The van der Waals surface area contributed by atoms with Gasteiger partial charge in [0.05, 0.1) is 13.2 Å². The molecule has 2 amide bonds. The number of nitrogens with zero attached hydrogens (tertiary/aromatic N) is 1. The number of amides is 2. The quantitative estimate of drug-likeness (QED) is 0.775. The molecule has 0 bridgehead atoms. The molecule has 6 nitrogen and oxygen atoms in total. The average molecular weight is 334 g/mol. The molecule has 2 atom stereocenters. The van der Waals surface area contributed by atoms with Crippen LogP contribution < -0.4 is 11.1 Å². The van der Waals surface area contributed by atoms with Crippen LogP contribution in [0.5, 0.6) is 0 Å². The molecule has 1 saturated heterocycles. The molecule has 2 fully saturated rings. The Balaban J connectivity index is 0.00000242. The van der Waals surface area contributed by atoms with Crippen LogP contribution in [0.1, 0.15) is 38.5 Å². The van der Waals surface area contributed by atoms with E-state index < -0.39 is 0 Å². The first-order chi connectivity index (χ1) is 10.2. The Hall–Kier alpha value is -0.850. The van der Waals surface area contributed by atoms with Gasteiger partial charge < -0.3 is 20.7 Å². The van der Waals surface area contributed by atoms with Crippen LogP contribution in [-0.4, -0.2) is 55.6 Å². The first-order valence-corrected chi connectivity index (χ1v) is 8.04.